The van der Waals surface area contributed by atoms with Crippen LogP contribution in [-0.4, -0.2) is 36.1 Å². The quantitative estimate of drug-likeness (QED) is 0.602. The van der Waals surface area contributed by atoms with Crippen LogP contribution in [0.5, 0.6) is 17.2 Å². The number of hydrogen-bond donors (Lipinski definition) is 3. The number of carbonyl (C=O) groups excluding carboxylic acids is 2. The van der Waals surface area contributed by atoms with E-state index in [1.165, 1.54) is 38.5 Å². The number of amides is 2. The summed E-state index contributed by atoms with van der Waals surface area (Å²) in [5.74, 6) is -1.74. The van der Waals surface area contributed by atoms with Crippen LogP contribution in [0.25, 0.3) is 22.0 Å². The number of aromatic amines is 1. The number of rotatable bonds is 4. The van der Waals surface area contributed by atoms with Gasteiger partial charge >= 0.3 is 0 Å². The summed E-state index contributed by atoms with van der Waals surface area (Å²) in [7, 11) is 2.71. The molecule has 3 N–H and O–H groups in total. The molecule has 0 atom stereocenters. The van der Waals surface area contributed by atoms with Crippen LogP contribution in [0.3, 0.4) is 0 Å². The van der Waals surface area contributed by atoms with E-state index in [1.54, 1.807) is 12.3 Å². The number of fused-ring (bicyclic) bond motifs is 1. The lowest BCUT2D eigenvalue weighted by atomic mass is 9.95. The molecule has 0 saturated carbocycles. The molecule has 2 heterocycles. The first-order chi connectivity index (χ1) is 13.4. The van der Waals surface area contributed by atoms with Gasteiger partial charge in [-0.3, -0.25) is 14.9 Å². The standard InChI is InChI=1S/C20H15FN2O5/c1-27-14-5-9(6-15(28-2)18(14)24)16-17(20(26)23-19(16)25)12-8-22-13-4-3-10(21)7-11(12)13/h3-8,22,24H,1-2H3,(H,23,25,26). The van der Waals surface area contributed by atoms with Crippen molar-refractivity contribution in [1.29, 1.82) is 0 Å². The molecule has 0 bridgehead atoms. The van der Waals surface area contributed by atoms with E-state index in [0.29, 0.717) is 22.0 Å². The highest BCUT2D eigenvalue weighted by Gasteiger charge is 2.34. The minimum absolute atomic E-state index is 0.0757. The molecule has 4 rings (SSSR count). The smallest absolute Gasteiger partial charge is 0.259 e. The Morgan fingerprint density at radius 2 is 1.61 bits per heavy atom. The maximum atomic E-state index is 13.8. The van der Waals surface area contributed by atoms with Gasteiger partial charge in [-0.05, 0) is 35.9 Å². The molecule has 1 aliphatic heterocycles. The summed E-state index contributed by atoms with van der Waals surface area (Å²) >= 11 is 0. The number of carbonyl (C=O) groups is 2. The van der Waals surface area contributed by atoms with Crippen molar-refractivity contribution >= 4 is 33.9 Å². The molecule has 0 spiro atoms. The van der Waals surface area contributed by atoms with E-state index in [0.717, 1.165) is 0 Å². The van der Waals surface area contributed by atoms with Gasteiger partial charge in [-0.15, -0.1) is 0 Å². The first kappa shape index (κ1) is 17.6. The van der Waals surface area contributed by atoms with E-state index in [9.17, 15) is 19.1 Å². The van der Waals surface area contributed by atoms with Gasteiger partial charge in [-0.2, -0.15) is 0 Å². The van der Waals surface area contributed by atoms with Gasteiger partial charge in [0.25, 0.3) is 11.8 Å². The maximum absolute atomic E-state index is 13.8. The van der Waals surface area contributed by atoms with E-state index >= 15 is 0 Å². The van der Waals surface area contributed by atoms with Gasteiger partial charge in [0.05, 0.1) is 25.4 Å². The van der Waals surface area contributed by atoms with Gasteiger partial charge in [-0.25, -0.2) is 4.39 Å². The van der Waals surface area contributed by atoms with Crippen molar-refractivity contribution in [2.75, 3.05) is 14.2 Å². The van der Waals surface area contributed by atoms with E-state index < -0.39 is 17.6 Å². The van der Waals surface area contributed by atoms with E-state index in [-0.39, 0.29) is 28.4 Å². The number of phenolic OH excluding ortho intramolecular Hbond substituents is 1. The first-order valence-electron chi connectivity index (χ1n) is 8.27. The number of nitrogens with one attached hydrogen (secondary N) is 2. The number of aromatic hydroxyl groups is 1. The Morgan fingerprint density at radius 3 is 2.25 bits per heavy atom. The van der Waals surface area contributed by atoms with Crippen molar-refractivity contribution in [2.45, 2.75) is 0 Å². The Hall–Kier alpha value is -3.81. The van der Waals surface area contributed by atoms with Gasteiger partial charge in [0.1, 0.15) is 5.82 Å². The van der Waals surface area contributed by atoms with Crippen molar-refractivity contribution in [3.05, 3.63) is 53.5 Å². The summed E-state index contributed by atoms with van der Waals surface area (Å²) in [4.78, 5) is 28.1. The fourth-order valence-corrected chi connectivity index (χ4v) is 3.33. The molecule has 2 aromatic carbocycles. The Bertz CT molecular complexity index is 1150. The van der Waals surface area contributed by atoms with Gasteiger partial charge in [0.15, 0.2) is 11.5 Å². The first-order valence-corrected chi connectivity index (χ1v) is 8.27. The van der Waals surface area contributed by atoms with Crippen molar-refractivity contribution in [2.24, 2.45) is 0 Å². The van der Waals surface area contributed by atoms with Crippen molar-refractivity contribution in [3.8, 4) is 17.2 Å². The number of H-pyrrole nitrogens is 1. The molecule has 0 saturated heterocycles. The molecule has 3 aromatic rings. The van der Waals surface area contributed by atoms with Crippen molar-refractivity contribution in [1.82, 2.24) is 10.3 Å². The third-order valence-electron chi connectivity index (χ3n) is 4.61. The van der Waals surface area contributed by atoms with Gasteiger partial charge < -0.3 is 19.6 Å². The maximum Gasteiger partial charge on any atom is 0.259 e. The highest BCUT2D eigenvalue weighted by molar-refractivity contribution is 6.50. The third kappa shape index (κ3) is 2.58. The van der Waals surface area contributed by atoms with E-state index in [1.807, 2.05) is 0 Å². The molecule has 1 aliphatic rings. The number of halogens is 1. The highest BCUT2D eigenvalue weighted by atomic mass is 19.1. The van der Waals surface area contributed by atoms with Crippen LogP contribution in [0.15, 0.2) is 36.5 Å². The highest BCUT2D eigenvalue weighted by Crippen LogP contribution is 2.42. The average molecular weight is 382 g/mol. The molecule has 2 amide bonds. The third-order valence-corrected chi connectivity index (χ3v) is 4.61. The van der Waals surface area contributed by atoms with Gasteiger partial charge in [0.2, 0.25) is 5.75 Å². The molecular weight excluding hydrogens is 367 g/mol. The average Bonchev–Trinajstić information content (AvgIpc) is 3.21. The Balaban J connectivity index is 2.02. The normalized spacial score (nSPS) is 14.0. The molecule has 1 aromatic heterocycles. The molecule has 142 valence electrons. The number of phenols is 1. The zero-order valence-corrected chi connectivity index (χ0v) is 14.9. The lowest BCUT2D eigenvalue weighted by Crippen LogP contribution is -2.22. The minimum Gasteiger partial charge on any atom is -0.502 e. The van der Waals surface area contributed by atoms with Crippen LogP contribution in [0, 0.1) is 5.82 Å². The largest absolute Gasteiger partial charge is 0.502 e. The number of aromatic nitrogens is 1. The molecule has 28 heavy (non-hydrogen) atoms. The molecule has 0 aliphatic carbocycles. The monoisotopic (exact) mass is 382 g/mol. The number of ether oxygens (including phenoxy) is 2. The SMILES string of the molecule is COc1cc(C2=C(c3c[nH]c4ccc(F)cc34)C(=O)NC2=O)cc(OC)c1O. The van der Waals surface area contributed by atoms with Crippen molar-refractivity contribution < 1.29 is 28.6 Å². The summed E-state index contributed by atoms with van der Waals surface area (Å²) < 4.78 is 24.0. The summed E-state index contributed by atoms with van der Waals surface area (Å²) in [6.45, 7) is 0. The predicted molar refractivity (Wildman–Crippen MR) is 99.4 cm³/mol. The van der Waals surface area contributed by atoms with Crippen LogP contribution in [0.4, 0.5) is 4.39 Å². The van der Waals surface area contributed by atoms with Gasteiger partial charge in [0, 0.05) is 22.7 Å². The lowest BCUT2D eigenvalue weighted by Gasteiger charge is -2.12. The Labute approximate surface area is 158 Å². The number of hydrogen-bond acceptors (Lipinski definition) is 5. The summed E-state index contributed by atoms with van der Waals surface area (Å²) in [6.07, 6.45) is 1.55. The molecular formula is C20H15FN2O5. The predicted octanol–water partition coefficient (Wildman–Crippen LogP) is 2.60. The fourth-order valence-electron chi connectivity index (χ4n) is 3.33. The van der Waals surface area contributed by atoms with Crippen LogP contribution < -0.4 is 14.8 Å². The fraction of sp³-hybridized carbons (Fsp3) is 0.100. The molecule has 7 nitrogen and oxygen atoms in total. The molecule has 0 unspecified atom stereocenters. The molecule has 0 radical (unpaired) electrons. The van der Waals surface area contributed by atoms with Crippen LogP contribution in [0.1, 0.15) is 11.1 Å². The summed E-state index contributed by atoms with van der Waals surface area (Å²) in [5.41, 5.74) is 1.49. The van der Waals surface area contributed by atoms with Crippen LogP contribution >= 0.6 is 0 Å². The van der Waals surface area contributed by atoms with Crippen molar-refractivity contribution in [3.63, 3.8) is 0 Å². The second kappa shape index (κ2) is 6.41. The molecule has 8 heteroatoms. The van der Waals surface area contributed by atoms with Crippen LogP contribution in [-0.2, 0) is 9.59 Å². The van der Waals surface area contributed by atoms with E-state index in [4.69, 9.17) is 9.47 Å². The zero-order valence-electron chi connectivity index (χ0n) is 14.9. The minimum atomic E-state index is -0.611. The lowest BCUT2D eigenvalue weighted by molar-refractivity contribution is -0.122. The van der Waals surface area contributed by atoms with E-state index in [2.05, 4.69) is 10.3 Å². The second-order valence-electron chi connectivity index (χ2n) is 6.15. The Kier molecular flexibility index (Phi) is 4.03. The summed E-state index contributed by atoms with van der Waals surface area (Å²) in [6, 6.07) is 7.00. The summed E-state index contributed by atoms with van der Waals surface area (Å²) in [5, 5.41) is 12.9. The molecule has 0 fully saturated rings. The number of imide groups is 1. The van der Waals surface area contributed by atoms with Gasteiger partial charge in [-0.1, -0.05) is 0 Å². The Morgan fingerprint density at radius 1 is 0.964 bits per heavy atom. The van der Waals surface area contributed by atoms with Crippen LogP contribution in [0.2, 0.25) is 0 Å². The number of benzene rings is 2. The zero-order chi connectivity index (χ0) is 20.0. The topological polar surface area (TPSA) is 101 Å². The number of methoxy groups -OCH3 is 2. The second-order valence-corrected chi connectivity index (χ2v) is 6.15.